The molecule has 2 rings (SSSR count). The van der Waals surface area contributed by atoms with E-state index in [4.69, 9.17) is 17.3 Å². The smallest absolute Gasteiger partial charge is 0.115 e. The predicted octanol–water partition coefficient (Wildman–Crippen LogP) is 2.23. The second kappa shape index (κ2) is 5.76. The molecule has 0 atom stereocenters. The van der Waals surface area contributed by atoms with Crippen LogP contribution in [-0.4, -0.2) is 5.11 Å². The lowest BCUT2D eigenvalue weighted by atomic mass is 10.1. The maximum absolute atomic E-state index is 9.28. The third-order valence-corrected chi connectivity index (χ3v) is 3.27. The van der Waals surface area contributed by atoms with Crippen molar-refractivity contribution in [3.05, 3.63) is 59.3 Å². The largest absolute Gasteiger partial charge is 0.508 e. The van der Waals surface area contributed by atoms with E-state index in [9.17, 15) is 5.11 Å². The van der Waals surface area contributed by atoms with Crippen molar-refractivity contribution < 1.29 is 5.11 Å². The van der Waals surface area contributed by atoms with Crippen molar-refractivity contribution in [2.75, 3.05) is 10.7 Å². The van der Waals surface area contributed by atoms with Crippen molar-refractivity contribution in [3.63, 3.8) is 0 Å². The minimum Gasteiger partial charge on any atom is -0.508 e. The third kappa shape index (κ3) is 3.27. The minimum absolute atomic E-state index is 0.190. The van der Waals surface area contributed by atoms with E-state index in [1.54, 1.807) is 30.5 Å². The Labute approximate surface area is 124 Å². The van der Waals surface area contributed by atoms with Gasteiger partial charge >= 0.3 is 0 Å². The summed E-state index contributed by atoms with van der Waals surface area (Å²) >= 11 is 0. The molecule has 0 fully saturated rings. The normalized spacial score (nSPS) is 11.5. The second-order valence-corrected chi connectivity index (χ2v) is 5.05. The van der Waals surface area contributed by atoms with E-state index in [0.29, 0.717) is 17.1 Å². The molecule has 0 heterocycles. The molecule has 0 saturated carbocycles. The number of benzene rings is 2. The lowest BCUT2D eigenvalue weighted by molar-refractivity contribution is 0.475. The van der Waals surface area contributed by atoms with Gasteiger partial charge in [-0.3, -0.25) is 5.01 Å². The monoisotopic (exact) mass is 284 g/mol. The Balaban J connectivity index is 2.34. The number of aromatic hydroxyl groups is 1. The number of rotatable bonds is 3. The molecule has 5 nitrogen and oxygen atoms in total. The average Bonchev–Trinajstić information content (AvgIpc) is 2.43. The number of phenols is 1. The molecule has 0 amide bonds. The molecule has 110 valence electrons. The third-order valence-electron chi connectivity index (χ3n) is 3.27. The summed E-state index contributed by atoms with van der Waals surface area (Å²) in [5, 5.41) is 10.7. The number of aryl methyl sites for hydroxylation is 2. The Kier molecular flexibility index (Phi) is 4.05. The number of hydrazine groups is 1. The minimum atomic E-state index is 0.190. The number of nitrogens with zero attached hydrogens (tertiary/aromatic N) is 1. The molecule has 2 aromatic rings. The molecule has 0 radical (unpaired) electrons. The molecule has 0 aliphatic heterocycles. The van der Waals surface area contributed by atoms with Crippen LogP contribution in [0.4, 0.5) is 11.4 Å². The van der Waals surface area contributed by atoms with Crippen molar-refractivity contribution in [1.82, 2.24) is 0 Å². The summed E-state index contributed by atoms with van der Waals surface area (Å²) in [5.41, 5.74) is 16.7. The quantitative estimate of drug-likeness (QED) is 0.393. The zero-order valence-corrected chi connectivity index (χ0v) is 12.2. The van der Waals surface area contributed by atoms with E-state index in [2.05, 4.69) is 0 Å². The number of hydrogen-bond donors (Lipinski definition) is 4. The van der Waals surface area contributed by atoms with Gasteiger partial charge in [-0.15, -0.1) is 0 Å². The van der Waals surface area contributed by atoms with Gasteiger partial charge in [-0.05, 0) is 60.9 Å². The molecule has 5 heteroatoms. The van der Waals surface area contributed by atoms with Gasteiger partial charge in [0.15, 0.2) is 0 Å². The summed E-state index contributed by atoms with van der Waals surface area (Å²) in [4.78, 5) is 0. The highest BCUT2D eigenvalue weighted by Crippen LogP contribution is 2.27. The van der Waals surface area contributed by atoms with Gasteiger partial charge in [0.2, 0.25) is 0 Å². The zero-order valence-electron chi connectivity index (χ0n) is 12.2. The molecule has 0 bridgehead atoms. The average molecular weight is 284 g/mol. The summed E-state index contributed by atoms with van der Waals surface area (Å²) < 4.78 is 0. The highest BCUT2D eigenvalue weighted by atomic mass is 16.3. The van der Waals surface area contributed by atoms with Crippen molar-refractivity contribution in [1.29, 1.82) is 0 Å². The second-order valence-electron chi connectivity index (χ2n) is 5.05. The summed E-state index contributed by atoms with van der Waals surface area (Å²) in [6.07, 6.45) is 1.61. The predicted molar refractivity (Wildman–Crippen MR) is 87.3 cm³/mol. The number of phenolic OH excluding ortho intramolecular Hbond substituents is 1. The Bertz CT molecular complexity index is 677. The first-order valence-corrected chi connectivity index (χ1v) is 6.56. The highest BCUT2D eigenvalue weighted by Gasteiger charge is 2.08. The van der Waals surface area contributed by atoms with Crippen LogP contribution >= 0.6 is 0 Å². The van der Waals surface area contributed by atoms with Gasteiger partial charge in [-0.1, -0.05) is 6.07 Å². The fourth-order valence-electron chi connectivity index (χ4n) is 2.12. The van der Waals surface area contributed by atoms with Crippen LogP contribution in [-0.2, 0) is 0 Å². The van der Waals surface area contributed by atoms with Crippen molar-refractivity contribution in [3.8, 4) is 5.75 Å². The van der Waals surface area contributed by atoms with Crippen LogP contribution in [0, 0.1) is 13.8 Å². The molecule has 0 spiro atoms. The van der Waals surface area contributed by atoms with Gasteiger partial charge in [-0.2, -0.15) is 0 Å². The SMILES string of the molecule is Cc1cc(C)c(N)c(N(N)/C=C(\N)c2ccc(O)cc2)c1. The molecular formula is C16H20N4O. The van der Waals surface area contributed by atoms with Gasteiger partial charge in [0.05, 0.1) is 17.1 Å². The molecule has 0 aromatic heterocycles. The van der Waals surface area contributed by atoms with E-state index in [1.807, 2.05) is 26.0 Å². The molecule has 7 N–H and O–H groups in total. The van der Waals surface area contributed by atoms with Gasteiger partial charge in [-0.25, -0.2) is 5.84 Å². The van der Waals surface area contributed by atoms with Crippen LogP contribution in [0.3, 0.4) is 0 Å². The van der Waals surface area contributed by atoms with E-state index in [0.717, 1.165) is 16.7 Å². The standard InChI is InChI=1S/C16H20N4O/c1-10-7-11(2)16(18)15(8-10)20(19)9-14(17)12-3-5-13(21)6-4-12/h3-9,21H,17-19H2,1-2H3/b14-9-. The number of hydrogen-bond acceptors (Lipinski definition) is 5. The van der Waals surface area contributed by atoms with Crippen LogP contribution in [0.15, 0.2) is 42.6 Å². The lowest BCUT2D eigenvalue weighted by Gasteiger charge is -2.19. The molecule has 0 unspecified atom stereocenters. The van der Waals surface area contributed by atoms with Gasteiger partial charge in [0.25, 0.3) is 0 Å². The maximum atomic E-state index is 9.28. The molecule has 0 aliphatic rings. The summed E-state index contributed by atoms with van der Waals surface area (Å²) in [5.74, 6) is 6.24. The fourth-order valence-corrected chi connectivity index (χ4v) is 2.12. The Morgan fingerprint density at radius 2 is 1.76 bits per heavy atom. The number of nitrogens with two attached hydrogens (primary N) is 3. The fraction of sp³-hybridized carbons (Fsp3) is 0.125. The van der Waals surface area contributed by atoms with Crippen LogP contribution in [0.1, 0.15) is 16.7 Å². The van der Waals surface area contributed by atoms with E-state index >= 15 is 0 Å². The highest BCUT2D eigenvalue weighted by molar-refractivity contribution is 5.75. The molecule has 2 aromatic carbocycles. The maximum Gasteiger partial charge on any atom is 0.115 e. The molecule has 0 saturated heterocycles. The van der Waals surface area contributed by atoms with Crippen LogP contribution < -0.4 is 22.3 Å². The van der Waals surface area contributed by atoms with E-state index < -0.39 is 0 Å². The zero-order chi connectivity index (χ0) is 15.6. The van der Waals surface area contributed by atoms with Crippen LogP contribution in [0.2, 0.25) is 0 Å². The molecular weight excluding hydrogens is 264 g/mol. The van der Waals surface area contributed by atoms with Gasteiger partial charge in [0, 0.05) is 6.20 Å². The number of nitrogen functional groups attached to an aromatic ring is 1. The Morgan fingerprint density at radius 3 is 2.38 bits per heavy atom. The van der Waals surface area contributed by atoms with Crippen LogP contribution in [0.5, 0.6) is 5.75 Å². The van der Waals surface area contributed by atoms with Crippen molar-refractivity contribution in [2.45, 2.75) is 13.8 Å². The van der Waals surface area contributed by atoms with Crippen molar-refractivity contribution >= 4 is 17.1 Å². The lowest BCUT2D eigenvalue weighted by Crippen LogP contribution is -2.27. The van der Waals surface area contributed by atoms with E-state index in [1.165, 1.54) is 5.01 Å². The topological polar surface area (TPSA) is 102 Å². The summed E-state index contributed by atoms with van der Waals surface area (Å²) in [6, 6.07) is 10.5. The first-order valence-electron chi connectivity index (χ1n) is 6.56. The Hall–Kier alpha value is -2.66. The first-order chi connectivity index (χ1) is 9.88. The summed E-state index contributed by atoms with van der Waals surface area (Å²) in [7, 11) is 0. The van der Waals surface area contributed by atoms with E-state index in [-0.39, 0.29) is 5.75 Å². The Morgan fingerprint density at radius 1 is 1.14 bits per heavy atom. The van der Waals surface area contributed by atoms with Crippen molar-refractivity contribution in [2.24, 2.45) is 11.6 Å². The van der Waals surface area contributed by atoms with Gasteiger partial charge in [0.1, 0.15) is 5.75 Å². The molecule has 21 heavy (non-hydrogen) atoms. The number of anilines is 2. The van der Waals surface area contributed by atoms with Gasteiger partial charge < -0.3 is 16.6 Å². The molecule has 0 aliphatic carbocycles. The van der Waals surface area contributed by atoms with Crippen LogP contribution in [0.25, 0.3) is 5.70 Å². The summed E-state index contributed by atoms with van der Waals surface area (Å²) in [6.45, 7) is 3.92. The first kappa shape index (κ1) is 14.7.